The number of phenolic OH excluding ortho intramolecular Hbond substituents is 1. The number of furan rings is 1. The lowest BCUT2D eigenvalue weighted by molar-refractivity contribution is 0.0937. The van der Waals surface area contributed by atoms with Crippen molar-refractivity contribution < 1.29 is 14.3 Å². The van der Waals surface area contributed by atoms with E-state index in [1.165, 1.54) is 12.8 Å². The number of nitrogens with zero attached hydrogens (tertiary/aromatic N) is 2. The molecule has 146 valence electrons. The Balaban J connectivity index is 1.67. The summed E-state index contributed by atoms with van der Waals surface area (Å²) < 4.78 is 5.89. The number of benzene rings is 1. The van der Waals surface area contributed by atoms with Gasteiger partial charge < -0.3 is 19.7 Å². The van der Waals surface area contributed by atoms with Crippen LogP contribution in [0.25, 0.3) is 11.0 Å². The molecule has 27 heavy (non-hydrogen) atoms. The normalized spacial score (nSPS) is 19.8. The lowest BCUT2D eigenvalue weighted by atomic mass is 10.0. The van der Waals surface area contributed by atoms with Crippen molar-refractivity contribution >= 4 is 16.9 Å². The minimum absolute atomic E-state index is 0.0802. The van der Waals surface area contributed by atoms with Gasteiger partial charge in [0, 0.05) is 49.7 Å². The molecule has 1 aromatic heterocycles. The average molecular weight is 371 g/mol. The molecule has 6 heteroatoms. The first-order chi connectivity index (χ1) is 13.0. The molecule has 1 saturated carbocycles. The molecule has 2 fully saturated rings. The second-order valence-corrected chi connectivity index (χ2v) is 8.00. The SMILES string of the molecule is Cc1oc2ccc(O)c(CN3CCN(C)CC3)c2c1C(=O)NC1CCCC1. The van der Waals surface area contributed by atoms with Gasteiger partial charge >= 0.3 is 0 Å². The third-order valence-corrected chi connectivity index (χ3v) is 6.01. The number of likely N-dealkylation sites (N-methyl/N-ethyl adjacent to an activating group) is 1. The van der Waals surface area contributed by atoms with Gasteiger partial charge in [-0.05, 0) is 38.9 Å². The Bertz CT molecular complexity index is 831. The van der Waals surface area contributed by atoms with Crippen molar-refractivity contribution in [2.45, 2.75) is 45.2 Å². The van der Waals surface area contributed by atoms with Gasteiger partial charge in [0.1, 0.15) is 17.1 Å². The van der Waals surface area contributed by atoms with Crippen LogP contribution in [0.2, 0.25) is 0 Å². The van der Waals surface area contributed by atoms with Crippen LogP contribution in [0, 0.1) is 6.92 Å². The summed E-state index contributed by atoms with van der Waals surface area (Å²) in [6, 6.07) is 3.69. The van der Waals surface area contributed by atoms with Gasteiger partial charge in [0.2, 0.25) is 0 Å². The first kappa shape index (κ1) is 18.3. The number of nitrogens with one attached hydrogen (secondary N) is 1. The number of fused-ring (bicyclic) bond motifs is 1. The molecule has 0 radical (unpaired) electrons. The standard InChI is InChI=1S/C21H29N3O3/c1-14-19(21(26)22-15-5-3-4-6-15)20-16(17(25)7-8-18(20)27-14)13-24-11-9-23(2)10-12-24/h7-8,15,25H,3-6,9-13H2,1-2H3,(H,22,26). The zero-order valence-electron chi connectivity index (χ0n) is 16.3. The van der Waals surface area contributed by atoms with E-state index in [4.69, 9.17) is 4.42 Å². The zero-order chi connectivity index (χ0) is 19.0. The molecule has 0 atom stereocenters. The quantitative estimate of drug-likeness (QED) is 0.865. The van der Waals surface area contributed by atoms with E-state index in [-0.39, 0.29) is 17.7 Å². The summed E-state index contributed by atoms with van der Waals surface area (Å²) in [5.41, 5.74) is 2.05. The van der Waals surface area contributed by atoms with Crippen molar-refractivity contribution in [3.63, 3.8) is 0 Å². The molecule has 0 spiro atoms. The van der Waals surface area contributed by atoms with Gasteiger partial charge in [-0.1, -0.05) is 12.8 Å². The van der Waals surface area contributed by atoms with Crippen LogP contribution in [0.5, 0.6) is 5.75 Å². The molecule has 6 nitrogen and oxygen atoms in total. The van der Waals surface area contributed by atoms with E-state index in [2.05, 4.69) is 22.2 Å². The third kappa shape index (κ3) is 3.69. The lowest BCUT2D eigenvalue weighted by Crippen LogP contribution is -2.43. The highest BCUT2D eigenvalue weighted by Gasteiger charge is 2.26. The maximum absolute atomic E-state index is 13.0. The average Bonchev–Trinajstić information content (AvgIpc) is 3.26. The topological polar surface area (TPSA) is 69.0 Å². The predicted molar refractivity (Wildman–Crippen MR) is 105 cm³/mol. The molecule has 0 bridgehead atoms. The fourth-order valence-corrected chi connectivity index (χ4v) is 4.36. The number of aromatic hydroxyl groups is 1. The minimum atomic E-state index is -0.0802. The molecule has 2 heterocycles. The number of rotatable bonds is 4. The van der Waals surface area contributed by atoms with Crippen LogP contribution in [-0.2, 0) is 6.54 Å². The largest absolute Gasteiger partial charge is 0.508 e. The van der Waals surface area contributed by atoms with Crippen LogP contribution in [0.4, 0.5) is 0 Å². The van der Waals surface area contributed by atoms with Crippen LogP contribution >= 0.6 is 0 Å². The number of piperazine rings is 1. The van der Waals surface area contributed by atoms with E-state index in [0.29, 0.717) is 23.5 Å². The number of aryl methyl sites for hydroxylation is 1. The van der Waals surface area contributed by atoms with Gasteiger partial charge in [-0.3, -0.25) is 9.69 Å². The summed E-state index contributed by atoms with van der Waals surface area (Å²) in [5.74, 6) is 0.770. The molecule has 0 unspecified atom stereocenters. The highest BCUT2D eigenvalue weighted by Crippen LogP contribution is 2.35. The summed E-state index contributed by atoms with van der Waals surface area (Å²) in [5, 5.41) is 14.5. The molecule has 1 saturated heterocycles. The van der Waals surface area contributed by atoms with E-state index in [1.54, 1.807) is 12.1 Å². The Morgan fingerprint density at radius 1 is 1.22 bits per heavy atom. The van der Waals surface area contributed by atoms with Crippen LogP contribution in [0.3, 0.4) is 0 Å². The van der Waals surface area contributed by atoms with E-state index in [9.17, 15) is 9.90 Å². The van der Waals surface area contributed by atoms with Crippen molar-refractivity contribution in [3.8, 4) is 5.75 Å². The van der Waals surface area contributed by atoms with Crippen molar-refractivity contribution in [1.82, 2.24) is 15.1 Å². The lowest BCUT2D eigenvalue weighted by Gasteiger charge is -2.32. The Morgan fingerprint density at radius 2 is 1.93 bits per heavy atom. The van der Waals surface area contributed by atoms with Gasteiger partial charge in [0.15, 0.2) is 0 Å². The summed E-state index contributed by atoms with van der Waals surface area (Å²) in [7, 11) is 2.13. The molecule has 2 aromatic rings. The highest BCUT2D eigenvalue weighted by molar-refractivity contribution is 6.09. The Hall–Kier alpha value is -2.05. The Morgan fingerprint density at radius 3 is 2.63 bits per heavy atom. The highest BCUT2D eigenvalue weighted by atomic mass is 16.3. The van der Waals surface area contributed by atoms with E-state index < -0.39 is 0 Å². The van der Waals surface area contributed by atoms with Gasteiger partial charge in [-0.2, -0.15) is 0 Å². The third-order valence-electron chi connectivity index (χ3n) is 6.01. The number of hydrogen-bond acceptors (Lipinski definition) is 5. The van der Waals surface area contributed by atoms with Crippen molar-refractivity contribution in [2.24, 2.45) is 0 Å². The molecule has 1 aliphatic heterocycles. The van der Waals surface area contributed by atoms with Crippen LogP contribution in [-0.4, -0.2) is 60.1 Å². The van der Waals surface area contributed by atoms with Crippen molar-refractivity contribution in [3.05, 3.63) is 29.0 Å². The predicted octanol–water partition coefficient (Wildman–Crippen LogP) is 2.87. The zero-order valence-corrected chi connectivity index (χ0v) is 16.3. The number of amides is 1. The maximum atomic E-state index is 13.0. The van der Waals surface area contributed by atoms with E-state index >= 15 is 0 Å². The van der Waals surface area contributed by atoms with Crippen LogP contribution in [0.1, 0.15) is 47.4 Å². The van der Waals surface area contributed by atoms with Crippen LogP contribution in [0.15, 0.2) is 16.5 Å². The van der Waals surface area contributed by atoms with Crippen molar-refractivity contribution in [1.29, 1.82) is 0 Å². The monoisotopic (exact) mass is 371 g/mol. The summed E-state index contributed by atoms with van der Waals surface area (Å²) >= 11 is 0. The first-order valence-electron chi connectivity index (χ1n) is 9.98. The van der Waals surface area contributed by atoms with Gasteiger partial charge in [-0.15, -0.1) is 0 Å². The summed E-state index contributed by atoms with van der Waals surface area (Å²) in [6.07, 6.45) is 4.43. The molecular formula is C21H29N3O3. The smallest absolute Gasteiger partial charge is 0.255 e. The van der Waals surface area contributed by atoms with Gasteiger partial charge in [-0.25, -0.2) is 0 Å². The number of hydrogen-bond donors (Lipinski definition) is 2. The molecule has 1 aromatic carbocycles. The number of phenols is 1. The number of carbonyl (C=O) groups is 1. The molecule has 2 aliphatic rings. The van der Waals surface area contributed by atoms with E-state index in [1.807, 2.05) is 6.92 Å². The molecule has 4 rings (SSSR count). The minimum Gasteiger partial charge on any atom is -0.508 e. The van der Waals surface area contributed by atoms with Gasteiger partial charge in [0.25, 0.3) is 5.91 Å². The van der Waals surface area contributed by atoms with E-state index in [0.717, 1.165) is 50.0 Å². The molecule has 1 amide bonds. The second-order valence-electron chi connectivity index (χ2n) is 8.00. The fourth-order valence-electron chi connectivity index (χ4n) is 4.36. The fraction of sp³-hybridized carbons (Fsp3) is 0.571. The maximum Gasteiger partial charge on any atom is 0.255 e. The Labute approximate surface area is 160 Å². The van der Waals surface area contributed by atoms with Crippen LogP contribution < -0.4 is 5.32 Å². The second kappa shape index (κ2) is 7.52. The molecular weight excluding hydrogens is 342 g/mol. The molecule has 2 N–H and O–H groups in total. The van der Waals surface area contributed by atoms with Gasteiger partial charge in [0.05, 0.1) is 5.56 Å². The Kier molecular flexibility index (Phi) is 5.10. The summed E-state index contributed by atoms with van der Waals surface area (Å²) in [6.45, 7) is 6.38. The molecule has 1 aliphatic carbocycles. The van der Waals surface area contributed by atoms with Crippen molar-refractivity contribution in [2.75, 3.05) is 33.2 Å². The number of carbonyl (C=O) groups excluding carboxylic acids is 1. The summed E-state index contributed by atoms with van der Waals surface area (Å²) in [4.78, 5) is 17.7. The first-order valence-corrected chi connectivity index (χ1v) is 9.98.